The van der Waals surface area contributed by atoms with Gasteiger partial charge in [0.2, 0.25) is 5.91 Å². The van der Waals surface area contributed by atoms with Gasteiger partial charge in [-0.05, 0) is 17.7 Å². The summed E-state index contributed by atoms with van der Waals surface area (Å²) in [7, 11) is 0. The Labute approximate surface area is 87.8 Å². The lowest BCUT2D eigenvalue weighted by atomic mass is 10.1. The fraction of sp³-hybridized carbons (Fsp3) is 0.182. The molecule has 0 unspecified atom stereocenters. The SMILES string of the molecule is C#CCOc1ccc(CC(=O)NO)cc1. The lowest BCUT2D eigenvalue weighted by Crippen LogP contribution is -2.20. The van der Waals surface area contributed by atoms with Crippen molar-refractivity contribution in [1.29, 1.82) is 0 Å². The van der Waals surface area contributed by atoms with Crippen molar-refractivity contribution in [3.05, 3.63) is 29.8 Å². The maximum absolute atomic E-state index is 10.8. The molecule has 0 heterocycles. The van der Waals surface area contributed by atoms with Crippen molar-refractivity contribution in [1.82, 2.24) is 5.48 Å². The highest BCUT2D eigenvalue weighted by molar-refractivity contribution is 5.77. The maximum atomic E-state index is 10.8. The zero-order valence-corrected chi connectivity index (χ0v) is 8.06. The second-order valence-corrected chi connectivity index (χ2v) is 2.85. The number of benzene rings is 1. The van der Waals surface area contributed by atoms with E-state index >= 15 is 0 Å². The van der Waals surface area contributed by atoms with Crippen LogP contribution in [0.2, 0.25) is 0 Å². The molecule has 15 heavy (non-hydrogen) atoms. The fourth-order valence-corrected chi connectivity index (χ4v) is 1.05. The Morgan fingerprint density at radius 3 is 2.67 bits per heavy atom. The molecule has 1 aromatic rings. The Kier molecular flexibility index (Phi) is 4.20. The number of hydroxylamine groups is 1. The van der Waals surface area contributed by atoms with Gasteiger partial charge in [0, 0.05) is 0 Å². The normalized spacial score (nSPS) is 9.07. The van der Waals surface area contributed by atoms with Gasteiger partial charge in [-0.1, -0.05) is 18.1 Å². The predicted molar refractivity (Wildman–Crippen MR) is 54.4 cm³/mol. The number of amides is 1. The molecule has 0 bridgehead atoms. The first-order chi connectivity index (χ1) is 7.26. The van der Waals surface area contributed by atoms with Crippen molar-refractivity contribution < 1.29 is 14.7 Å². The third kappa shape index (κ3) is 3.71. The minimum absolute atomic E-state index is 0.131. The molecular weight excluding hydrogens is 194 g/mol. The molecule has 0 fully saturated rings. The van der Waals surface area contributed by atoms with Crippen LogP contribution in [0.3, 0.4) is 0 Å². The molecule has 0 aliphatic carbocycles. The minimum Gasteiger partial charge on any atom is -0.481 e. The van der Waals surface area contributed by atoms with Crippen molar-refractivity contribution in [3.8, 4) is 18.1 Å². The number of terminal acetylenes is 1. The Bertz CT molecular complexity index is 364. The van der Waals surface area contributed by atoms with Gasteiger partial charge in [-0.2, -0.15) is 0 Å². The molecule has 0 radical (unpaired) electrons. The molecule has 0 spiro atoms. The van der Waals surface area contributed by atoms with E-state index in [1.54, 1.807) is 29.7 Å². The Morgan fingerprint density at radius 2 is 2.13 bits per heavy atom. The van der Waals surface area contributed by atoms with Gasteiger partial charge in [-0.15, -0.1) is 6.42 Å². The van der Waals surface area contributed by atoms with Crippen LogP contribution >= 0.6 is 0 Å². The van der Waals surface area contributed by atoms with E-state index in [0.29, 0.717) is 5.75 Å². The average molecular weight is 205 g/mol. The predicted octanol–water partition coefficient (Wildman–Crippen LogP) is 0.747. The van der Waals surface area contributed by atoms with Crippen LogP contribution in [0.4, 0.5) is 0 Å². The van der Waals surface area contributed by atoms with E-state index in [9.17, 15) is 4.79 Å². The second kappa shape index (κ2) is 5.68. The van der Waals surface area contributed by atoms with Crippen molar-refractivity contribution in [2.75, 3.05) is 6.61 Å². The van der Waals surface area contributed by atoms with Crippen LogP contribution in [-0.4, -0.2) is 17.7 Å². The van der Waals surface area contributed by atoms with Crippen LogP contribution < -0.4 is 10.2 Å². The molecule has 78 valence electrons. The van der Waals surface area contributed by atoms with Crippen LogP contribution in [0.1, 0.15) is 5.56 Å². The molecule has 0 aliphatic heterocycles. The van der Waals surface area contributed by atoms with Gasteiger partial charge in [0.1, 0.15) is 12.4 Å². The minimum atomic E-state index is -0.452. The lowest BCUT2D eigenvalue weighted by Gasteiger charge is -2.03. The number of carbonyl (C=O) groups excluding carboxylic acids is 1. The van der Waals surface area contributed by atoms with Crippen molar-refractivity contribution in [2.45, 2.75) is 6.42 Å². The molecule has 0 aromatic heterocycles. The average Bonchev–Trinajstić information content (AvgIpc) is 2.28. The van der Waals surface area contributed by atoms with E-state index in [2.05, 4.69) is 5.92 Å². The van der Waals surface area contributed by atoms with E-state index in [1.807, 2.05) is 0 Å². The molecule has 0 atom stereocenters. The summed E-state index contributed by atoms with van der Waals surface area (Å²) >= 11 is 0. The van der Waals surface area contributed by atoms with Gasteiger partial charge in [-0.3, -0.25) is 10.0 Å². The highest BCUT2D eigenvalue weighted by Gasteiger charge is 2.01. The highest BCUT2D eigenvalue weighted by Crippen LogP contribution is 2.12. The number of ether oxygens (including phenoxy) is 1. The summed E-state index contributed by atoms with van der Waals surface area (Å²) in [6, 6.07) is 6.91. The van der Waals surface area contributed by atoms with Gasteiger partial charge in [0.05, 0.1) is 6.42 Å². The molecule has 1 aromatic carbocycles. The third-order valence-corrected chi connectivity index (χ3v) is 1.73. The molecule has 0 aliphatic rings. The smallest absolute Gasteiger partial charge is 0.247 e. The zero-order chi connectivity index (χ0) is 11.1. The molecule has 0 saturated carbocycles. The quantitative estimate of drug-likeness (QED) is 0.433. The van der Waals surface area contributed by atoms with E-state index < -0.39 is 5.91 Å². The summed E-state index contributed by atoms with van der Waals surface area (Å²) in [5, 5.41) is 8.32. The first-order valence-corrected chi connectivity index (χ1v) is 4.34. The van der Waals surface area contributed by atoms with E-state index in [-0.39, 0.29) is 13.0 Å². The number of nitrogens with one attached hydrogen (secondary N) is 1. The summed E-state index contributed by atoms with van der Waals surface area (Å²) in [5.41, 5.74) is 2.35. The first-order valence-electron chi connectivity index (χ1n) is 4.34. The number of hydrogen-bond donors (Lipinski definition) is 2. The summed E-state index contributed by atoms with van der Waals surface area (Å²) in [5.74, 6) is 2.55. The Morgan fingerprint density at radius 1 is 1.47 bits per heavy atom. The molecule has 2 N–H and O–H groups in total. The monoisotopic (exact) mass is 205 g/mol. The Balaban J connectivity index is 2.57. The maximum Gasteiger partial charge on any atom is 0.247 e. The second-order valence-electron chi connectivity index (χ2n) is 2.85. The molecule has 4 nitrogen and oxygen atoms in total. The summed E-state index contributed by atoms with van der Waals surface area (Å²) in [6.45, 7) is 0.219. The molecule has 1 rings (SSSR count). The summed E-state index contributed by atoms with van der Waals surface area (Å²) < 4.78 is 5.16. The molecule has 4 heteroatoms. The van der Waals surface area contributed by atoms with Crippen LogP contribution in [0.15, 0.2) is 24.3 Å². The molecular formula is C11H11NO3. The number of carbonyl (C=O) groups is 1. The van der Waals surface area contributed by atoms with Gasteiger partial charge >= 0.3 is 0 Å². The van der Waals surface area contributed by atoms with E-state index in [1.165, 1.54) is 0 Å². The van der Waals surface area contributed by atoms with Crippen LogP contribution in [-0.2, 0) is 11.2 Å². The zero-order valence-electron chi connectivity index (χ0n) is 8.06. The summed E-state index contributed by atoms with van der Waals surface area (Å²) in [6.07, 6.45) is 5.17. The summed E-state index contributed by atoms with van der Waals surface area (Å²) in [4.78, 5) is 10.8. The van der Waals surface area contributed by atoms with Gasteiger partial charge < -0.3 is 4.74 Å². The largest absolute Gasteiger partial charge is 0.481 e. The van der Waals surface area contributed by atoms with E-state index in [0.717, 1.165) is 5.56 Å². The van der Waals surface area contributed by atoms with Gasteiger partial charge in [0.25, 0.3) is 0 Å². The first kappa shape index (κ1) is 11.1. The molecule has 1 amide bonds. The van der Waals surface area contributed by atoms with E-state index in [4.69, 9.17) is 16.4 Å². The van der Waals surface area contributed by atoms with Crippen molar-refractivity contribution >= 4 is 5.91 Å². The van der Waals surface area contributed by atoms with Crippen LogP contribution in [0.5, 0.6) is 5.75 Å². The topological polar surface area (TPSA) is 58.6 Å². The fourth-order valence-electron chi connectivity index (χ4n) is 1.05. The standard InChI is InChI=1S/C11H11NO3/c1-2-7-15-10-5-3-9(4-6-10)8-11(13)12-14/h1,3-6,14H,7-8H2,(H,12,13). The number of rotatable bonds is 4. The molecule has 0 saturated heterocycles. The Hall–Kier alpha value is -1.99. The van der Waals surface area contributed by atoms with Crippen molar-refractivity contribution in [3.63, 3.8) is 0 Å². The lowest BCUT2D eigenvalue weighted by molar-refractivity contribution is -0.128. The van der Waals surface area contributed by atoms with Crippen LogP contribution in [0, 0.1) is 12.3 Å². The van der Waals surface area contributed by atoms with Crippen LogP contribution in [0.25, 0.3) is 0 Å². The highest BCUT2D eigenvalue weighted by atomic mass is 16.5. The third-order valence-electron chi connectivity index (χ3n) is 1.73. The van der Waals surface area contributed by atoms with Crippen molar-refractivity contribution in [2.24, 2.45) is 0 Å². The van der Waals surface area contributed by atoms with Gasteiger partial charge in [0.15, 0.2) is 0 Å². The number of hydrogen-bond acceptors (Lipinski definition) is 3. The van der Waals surface area contributed by atoms with Gasteiger partial charge in [-0.25, -0.2) is 5.48 Å².